The van der Waals surface area contributed by atoms with Crippen molar-refractivity contribution < 1.29 is 27.9 Å². The molecule has 7 heteroatoms. The fraction of sp³-hybridized carbons (Fsp3) is 0.310. The van der Waals surface area contributed by atoms with E-state index in [1.165, 1.54) is 0 Å². The molecule has 0 aliphatic carbocycles. The third-order valence-electron chi connectivity index (χ3n) is 6.13. The van der Waals surface area contributed by atoms with Crippen molar-refractivity contribution in [2.45, 2.75) is 44.7 Å². The molecule has 188 valence electrons. The van der Waals surface area contributed by atoms with Gasteiger partial charge in [-0.3, -0.25) is 4.21 Å². The molecule has 5 rings (SSSR count). The van der Waals surface area contributed by atoms with E-state index in [4.69, 9.17) is 23.7 Å². The molecule has 0 radical (unpaired) electrons. The molecule has 3 aromatic rings. The van der Waals surface area contributed by atoms with Gasteiger partial charge in [0.2, 0.25) is 5.09 Å². The lowest BCUT2D eigenvalue weighted by atomic mass is 10.0. The lowest BCUT2D eigenvalue weighted by Crippen LogP contribution is -2.53. The van der Waals surface area contributed by atoms with Crippen LogP contribution in [0, 0.1) is 0 Å². The van der Waals surface area contributed by atoms with Gasteiger partial charge in [0.15, 0.2) is 18.2 Å². The first-order valence-electron chi connectivity index (χ1n) is 12.2. The summed E-state index contributed by atoms with van der Waals surface area (Å²) in [6, 6.07) is 29.6. The van der Waals surface area contributed by atoms with Gasteiger partial charge in [-0.15, -0.1) is 0 Å². The van der Waals surface area contributed by atoms with Crippen LogP contribution >= 0.6 is 0 Å². The van der Waals surface area contributed by atoms with Gasteiger partial charge in [0.25, 0.3) is 0 Å². The molecule has 36 heavy (non-hydrogen) atoms. The Labute approximate surface area is 214 Å². The number of fused-ring (bicyclic) bond motifs is 1. The van der Waals surface area contributed by atoms with Crippen molar-refractivity contribution in [2.24, 2.45) is 0 Å². The Kier molecular flexibility index (Phi) is 8.13. The number of benzene rings is 3. The molecule has 6 nitrogen and oxygen atoms in total. The molecule has 0 amide bonds. The van der Waals surface area contributed by atoms with E-state index < -0.39 is 35.4 Å². The average molecular weight is 507 g/mol. The largest absolute Gasteiger partial charge is 0.486 e. The maximum absolute atomic E-state index is 13.1. The Morgan fingerprint density at radius 3 is 2.11 bits per heavy atom. The van der Waals surface area contributed by atoms with E-state index in [0.29, 0.717) is 29.8 Å². The Balaban J connectivity index is 1.47. The summed E-state index contributed by atoms with van der Waals surface area (Å²) >= 11 is 0. The zero-order valence-corrected chi connectivity index (χ0v) is 21.0. The molecule has 2 aliphatic rings. The van der Waals surface area contributed by atoms with E-state index in [1.54, 1.807) is 0 Å². The smallest absolute Gasteiger partial charge is 0.225 e. The third kappa shape index (κ3) is 5.71. The predicted octanol–water partition coefficient (Wildman–Crippen LogP) is 5.24. The lowest BCUT2D eigenvalue weighted by molar-refractivity contribution is -0.289. The Morgan fingerprint density at radius 2 is 1.47 bits per heavy atom. The molecule has 0 N–H and O–H groups in total. The molecule has 0 aromatic heterocycles. The molecule has 2 aliphatic heterocycles. The molecule has 2 heterocycles. The number of rotatable bonds is 9. The maximum Gasteiger partial charge on any atom is 0.225 e. The molecule has 0 unspecified atom stereocenters. The van der Waals surface area contributed by atoms with Crippen LogP contribution in [0.5, 0.6) is 0 Å². The first kappa shape index (κ1) is 24.7. The van der Waals surface area contributed by atoms with E-state index in [2.05, 4.69) is 0 Å². The minimum Gasteiger partial charge on any atom is -0.486 e. The van der Waals surface area contributed by atoms with Crippen LogP contribution in [0.3, 0.4) is 0 Å². The lowest BCUT2D eigenvalue weighted by Gasteiger charge is -2.44. The highest BCUT2D eigenvalue weighted by Crippen LogP contribution is 2.39. The number of hydrogen-bond acceptors (Lipinski definition) is 6. The summed E-state index contributed by atoms with van der Waals surface area (Å²) in [5.41, 5.74) is 2.93. The summed E-state index contributed by atoms with van der Waals surface area (Å²) < 4.78 is 44.5. The fourth-order valence-electron chi connectivity index (χ4n) is 4.26. The summed E-state index contributed by atoms with van der Waals surface area (Å²) in [5, 5.41) is 0.304. The monoisotopic (exact) mass is 506 g/mol. The van der Waals surface area contributed by atoms with E-state index in [1.807, 2.05) is 97.9 Å². The molecule has 5 atom stereocenters. The number of ether oxygens (including phenoxy) is 5. The quantitative estimate of drug-likeness (QED) is 0.396. The van der Waals surface area contributed by atoms with E-state index >= 15 is 0 Å². The first-order chi connectivity index (χ1) is 17.7. The number of hydrogen-bond donors (Lipinski definition) is 0. The Morgan fingerprint density at radius 1 is 0.861 bits per heavy atom. The summed E-state index contributed by atoms with van der Waals surface area (Å²) in [7, 11) is -1.39. The van der Waals surface area contributed by atoms with Gasteiger partial charge in [0.05, 0.1) is 24.0 Å². The van der Waals surface area contributed by atoms with Crippen LogP contribution in [0.25, 0.3) is 0 Å². The highest BCUT2D eigenvalue weighted by molar-refractivity contribution is 7.88. The van der Waals surface area contributed by atoms with E-state index in [0.717, 1.165) is 16.7 Å². The van der Waals surface area contributed by atoms with Crippen LogP contribution in [0.15, 0.2) is 102 Å². The van der Waals surface area contributed by atoms with Gasteiger partial charge in [0, 0.05) is 11.3 Å². The van der Waals surface area contributed by atoms with Crippen LogP contribution in [0.2, 0.25) is 0 Å². The summed E-state index contributed by atoms with van der Waals surface area (Å²) in [4.78, 5) is 0. The van der Waals surface area contributed by atoms with Crippen LogP contribution in [-0.4, -0.2) is 34.9 Å². The molecule has 3 aromatic carbocycles. The Bertz CT molecular complexity index is 1170. The van der Waals surface area contributed by atoms with E-state index in [9.17, 15) is 4.21 Å². The molecule has 1 fully saturated rings. The van der Waals surface area contributed by atoms with E-state index in [-0.39, 0.29) is 6.61 Å². The van der Waals surface area contributed by atoms with Crippen molar-refractivity contribution in [1.29, 1.82) is 0 Å². The normalized spacial score (nSPS) is 24.5. The van der Waals surface area contributed by atoms with Gasteiger partial charge >= 0.3 is 0 Å². The molecular weight excluding hydrogens is 476 g/mol. The van der Waals surface area contributed by atoms with Gasteiger partial charge in [-0.2, -0.15) is 0 Å². The van der Waals surface area contributed by atoms with Gasteiger partial charge in [-0.05, 0) is 11.1 Å². The van der Waals surface area contributed by atoms with Crippen molar-refractivity contribution >= 4 is 10.8 Å². The summed E-state index contributed by atoms with van der Waals surface area (Å²) in [6.07, 6.45) is -2.16. The maximum atomic E-state index is 13.1. The second-order valence-corrected chi connectivity index (χ2v) is 10.2. The molecule has 0 bridgehead atoms. The Hall–Kier alpha value is -2.97. The highest BCUT2D eigenvalue weighted by Gasteiger charge is 2.48. The van der Waals surface area contributed by atoms with Crippen LogP contribution in [-0.2, 0) is 47.7 Å². The fourth-order valence-corrected chi connectivity index (χ4v) is 5.16. The summed E-state index contributed by atoms with van der Waals surface area (Å²) in [6.45, 7) is 2.78. The predicted molar refractivity (Wildman–Crippen MR) is 137 cm³/mol. The average Bonchev–Trinajstić information content (AvgIpc) is 2.95. The first-order valence-corrected chi connectivity index (χ1v) is 13.5. The van der Waals surface area contributed by atoms with Gasteiger partial charge < -0.3 is 23.7 Å². The molecular formula is C29H30O6S. The topological polar surface area (TPSA) is 63.2 Å². The second kappa shape index (κ2) is 11.8. The standard InChI is InChI=1S/C29H30O6S/c1-2-36(30)29-27(32-19-22-14-8-4-9-15-22)26(31-18-21-12-6-3-7-13-21)25-24(34-29)20-33-28(35-25)23-16-10-5-11-17-23/h3-17,24-26,28H,2,18-20H2,1H3/t24-,25+,26-,28-,36-/m0/s1. The van der Waals surface area contributed by atoms with Crippen LogP contribution < -0.4 is 0 Å². The van der Waals surface area contributed by atoms with Crippen LogP contribution in [0.4, 0.5) is 0 Å². The second-order valence-electron chi connectivity index (χ2n) is 8.61. The minimum atomic E-state index is -1.39. The zero-order chi connectivity index (χ0) is 24.7. The van der Waals surface area contributed by atoms with Gasteiger partial charge in [-0.25, -0.2) is 0 Å². The van der Waals surface area contributed by atoms with Crippen molar-refractivity contribution in [3.63, 3.8) is 0 Å². The van der Waals surface area contributed by atoms with Crippen molar-refractivity contribution in [3.05, 3.63) is 119 Å². The van der Waals surface area contributed by atoms with Crippen molar-refractivity contribution in [3.8, 4) is 0 Å². The third-order valence-corrected chi connectivity index (χ3v) is 7.36. The SMILES string of the molecule is CC[S@](=O)C1=C(OCc2ccccc2)[C@@H](OCc2ccccc2)[C@@H]2O[C@@H](c3ccccc3)OC[C@@H]2O1. The summed E-state index contributed by atoms with van der Waals surface area (Å²) in [5.74, 6) is 0.815. The molecule has 0 saturated carbocycles. The van der Waals surface area contributed by atoms with Crippen molar-refractivity contribution in [2.75, 3.05) is 12.4 Å². The molecule has 0 spiro atoms. The highest BCUT2D eigenvalue weighted by atomic mass is 32.2. The van der Waals surface area contributed by atoms with Gasteiger partial charge in [0.1, 0.15) is 18.8 Å². The molecule has 1 saturated heterocycles. The van der Waals surface area contributed by atoms with Crippen LogP contribution in [0.1, 0.15) is 29.9 Å². The van der Waals surface area contributed by atoms with Crippen molar-refractivity contribution in [1.82, 2.24) is 0 Å². The minimum absolute atomic E-state index is 0.284. The van der Waals surface area contributed by atoms with Gasteiger partial charge in [-0.1, -0.05) is 97.9 Å². The zero-order valence-electron chi connectivity index (χ0n) is 20.2.